The van der Waals surface area contributed by atoms with Gasteiger partial charge in [-0.2, -0.15) is 0 Å². The van der Waals surface area contributed by atoms with Crippen molar-refractivity contribution in [1.29, 1.82) is 0 Å². The van der Waals surface area contributed by atoms with Gasteiger partial charge in [0, 0.05) is 24.4 Å². The van der Waals surface area contributed by atoms with Crippen molar-refractivity contribution in [2.24, 2.45) is 0 Å². The maximum atomic E-state index is 13.9. The Bertz CT molecular complexity index is 797. The predicted octanol–water partition coefficient (Wildman–Crippen LogP) is 2.34. The number of amides is 1. The number of piperidine rings is 1. The summed E-state index contributed by atoms with van der Waals surface area (Å²) in [6.45, 7) is 0.839. The molecule has 0 bridgehead atoms. The number of methoxy groups -OCH3 is 1. The molecule has 2 fully saturated rings. The summed E-state index contributed by atoms with van der Waals surface area (Å²) in [5, 5.41) is 4.08. The van der Waals surface area contributed by atoms with E-state index >= 15 is 0 Å². The van der Waals surface area contributed by atoms with Gasteiger partial charge in [0.1, 0.15) is 12.1 Å². The van der Waals surface area contributed by atoms with Gasteiger partial charge in [-0.3, -0.25) is 4.79 Å². The fourth-order valence-electron chi connectivity index (χ4n) is 3.78. The molecule has 1 aromatic carbocycles. The average molecular weight is 330 g/mol. The zero-order chi connectivity index (χ0) is 16.7. The molecule has 2 saturated heterocycles. The van der Waals surface area contributed by atoms with Crippen LogP contribution in [0.25, 0.3) is 10.9 Å². The van der Waals surface area contributed by atoms with E-state index in [2.05, 4.69) is 15.3 Å². The molecule has 0 aliphatic carbocycles. The molecule has 0 saturated carbocycles. The second-order valence-electron chi connectivity index (χ2n) is 6.33. The Morgan fingerprint density at radius 3 is 3.04 bits per heavy atom. The molecular formula is C17H19FN4O2. The van der Waals surface area contributed by atoms with Crippen molar-refractivity contribution in [1.82, 2.24) is 14.9 Å². The number of nitrogens with one attached hydrogen (secondary N) is 1. The Morgan fingerprint density at radius 2 is 2.21 bits per heavy atom. The van der Waals surface area contributed by atoms with E-state index in [0.717, 1.165) is 25.8 Å². The van der Waals surface area contributed by atoms with Crippen LogP contribution < -0.4 is 10.1 Å². The third-order valence-electron chi connectivity index (χ3n) is 4.96. The molecule has 2 atom stereocenters. The summed E-state index contributed by atoms with van der Waals surface area (Å²) in [6, 6.07) is 3.17. The molecule has 0 radical (unpaired) electrons. The molecule has 3 heterocycles. The number of ether oxygens (including phenoxy) is 1. The highest BCUT2D eigenvalue weighted by Crippen LogP contribution is 2.32. The topological polar surface area (TPSA) is 67.3 Å². The lowest BCUT2D eigenvalue weighted by atomic mass is 9.99. The number of carbonyl (C=O) groups excluding carboxylic acids is 1. The summed E-state index contributed by atoms with van der Waals surface area (Å²) >= 11 is 0. The largest absolute Gasteiger partial charge is 0.494 e. The number of carbonyl (C=O) groups is 1. The predicted molar refractivity (Wildman–Crippen MR) is 87.4 cm³/mol. The van der Waals surface area contributed by atoms with Crippen LogP contribution in [0, 0.1) is 5.82 Å². The number of benzene rings is 1. The van der Waals surface area contributed by atoms with Crippen LogP contribution in [-0.2, 0) is 4.79 Å². The zero-order valence-corrected chi connectivity index (χ0v) is 13.5. The van der Waals surface area contributed by atoms with Gasteiger partial charge in [0.05, 0.1) is 24.7 Å². The summed E-state index contributed by atoms with van der Waals surface area (Å²) in [7, 11) is 1.43. The SMILES string of the molecule is COc1cc2c(NC3CC(=O)N4CCCCC34)ncnc2cc1F. The van der Waals surface area contributed by atoms with Crippen LogP contribution in [0.15, 0.2) is 18.5 Å². The van der Waals surface area contributed by atoms with E-state index in [0.29, 0.717) is 23.1 Å². The molecule has 1 N–H and O–H groups in total. The molecule has 2 aliphatic heterocycles. The van der Waals surface area contributed by atoms with Gasteiger partial charge in [0.2, 0.25) is 5.91 Å². The summed E-state index contributed by atoms with van der Waals surface area (Å²) < 4.78 is 18.9. The van der Waals surface area contributed by atoms with Crippen LogP contribution in [0.5, 0.6) is 5.75 Å². The van der Waals surface area contributed by atoms with Gasteiger partial charge in [-0.15, -0.1) is 0 Å². The van der Waals surface area contributed by atoms with E-state index in [1.165, 1.54) is 19.5 Å². The van der Waals surface area contributed by atoms with E-state index in [4.69, 9.17) is 4.74 Å². The van der Waals surface area contributed by atoms with Crippen LogP contribution in [0.4, 0.5) is 10.2 Å². The maximum Gasteiger partial charge on any atom is 0.225 e. The van der Waals surface area contributed by atoms with E-state index < -0.39 is 5.82 Å². The Hall–Kier alpha value is -2.44. The Kier molecular flexibility index (Phi) is 3.70. The van der Waals surface area contributed by atoms with E-state index in [1.54, 1.807) is 6.07 Å². The first-order chi connectivity index (χ1) is 11.7. The third kappa shape index (κ3) is 2.44. The fourth-order valence-corrected chi connectivity index (χ4v) is 3.78. The van der Waals surface area contributed by atoms with Gasteiger partial charge in [0.15, 0.2) is 11.6 Å². The van der Waals surface area contributed by atoms with Crippen LogP contribution in [0.2, 0.25) is 0 Å². The number of rotatable bonds is 3. The lowest BCUT2D eigenvalue weighted by Gasteiger charge is -2.32. The third-order valence-corrected chi connectivity index (χ3v) is 4.96. The van der Waals surface area contributed by atoms with Gasteiger partial charge in [-0.05, 0) is 25.3 Å². The molecule has 2 unspecified atom stereocenters. The molecule has 0 spiro atoms. The number of halogens is 1. The molecule has 4 rings (SSSR count). The minimum atomic E-state index is -0.454. The monoisotopic (exact) mass is 330 g/mol. The highest BCUT2D eigenvalue weighted by Gasteiger charge is 2.41. The van der Waals surface area contributed by atoms with E-state index in [1.807, 2.05) is 4.90 Å². The van der Waals surface area contributed by atoms with E-state index in [9.17, 15) is 9.18 Å². The van der Waals surface area contributed by atoms with Gasteiger partial charge >= 0.3 is 0 Å². The van der Waals surface area contributed by atoms with Crippen LogP contribution >= 0.6 is 0 Å². The van der Waals surface area contributed by atoms with E-state index in [-0.39, 0.29) is 23.7 Å². The quantitative estimate of drug-likeness (QED) is 0.936. The van der Waals surface area contributed by atoms with Crippen molar-refractivity contribution in [2.75, 3.05) is 19.0 Å². The molecule has 2 aliphatic rings. The van der Waals surface area contributed by atoms with Crippen LogP contribution in [0.1, 0.15) is 25.7 Å². The first kappa shape index (κ1) is 15.1. The fraction of sp³-hybridized carbons (Fsp3) is 0.471. The van der Waals surface area contributed by atoms with Crippen molar-refractivity contribution >= 4 is 22.6 Å². The number of nitrogens with zero attached hydrogens (tertiary/aromatic N) is 3. The molecule has 1 amide bonds. The number of aromatic nitrogens is 2. The Balaban J connectivity index is 1.68. The zero-order valence-electron chi connectivity index (χ0n) is 13.5. The number of anilines is 1. The summed E-state index contributed by atoms with van der Waals surface area (Å²) in [5.74, 6) is 0.508. The summed E-state index contributed by atoms with van der Waals surface area (Å²) in [5.41, 5.74) is 0.510. The number of fused-ring (bicyclic) bond motifs is 2. The van der Waals surface area contributed by atoms with Crippen molar-refractivity contribution in [2.45, 2.75) is 37.8 Å². The molecule has 1 aromatic heterocycles. The first-order valence-electron chi connectivity index (χ1n) is 8.21. The summed E-state index contributed by atoms with van der Waals surface area (Å²) in [6.07, 6.45) is 5.09. The molecule has 126 valence electrons. The summed E-state index contributed by atoms with van der Waals surface area (Å²) in [4.78, 5) is 22.6. The van der Waals surface area contributed by atoms with Gasteiger partial charge in [0.25, 0.3) is 0 Å². The highest BCUT2D eigenvalue weighted by molar-refractivity contribution is 5.91. The van der Waals surface area contributed by atoms with Gasteiger partial charge in [-0.1, -0.05) is 0 Å². The second kappa shape index (κ2) is 5.89. The molecule has 2 aromatic rings. The van der Waals surface area contributed by atoms with Crippen LogP contribution in [0.3, 0.4) is 0 Å². The normalized spacial score (nSPS) is 23.4. The minimum Gasteiger partial charge on any atom is -0.494 e. The van der Waals surface area contributed by atoms with Gasteiger partial charge < -0.3 is 15.0 Å². The van der Waals surface area contributed by atoms with Crippen LogP contribution in [-0.4, -0.2) is 46.5 Å². The first-order valence-corrected chi connectivity index (χ1v) is 8.21. The lowest BCUT2D eigenvalue weighted by molar-refractivity contribution is -0.129. The highest BCUT2D eigenvalue weighted by atomic mass is 19.1. The molecular weight excluding hydrogens is 311 g/mol. The van der Waals surface area contributed by atoms with Gasteiger partial charge in [-0.25, -0.2) is 14.4 Å². The van der Waals surface area contributed by atoms with Crippen molar-refractivity contribution in [3.05, 3.63) is 24.3 Å². The standard InChI is InChI=1S/C17H19FN4O2/c1-24-15-6-10-12(7-11(15)18)19-9-20-17(10)21-13-8-16(23)22-5-3-2-4-14(13)22/h6-7,9,13-14H,2-5,8H2,1H3,(H,19,20,21). The van der Waals surface area contributed by atoms with Crippen molar-refractivity contribution in [3.8, 4) is 5.75 Å². The molecule has 24 heavy (non-hydrogen) atoms. The average Bonchev–Trinajstić information content (AvgIpc) is 2.91. The lowest BCUT2D eigenvalue weighted by Crippen LogP contribution is -2.43. The number of hydrogen-bond acceptors (Lipinski definition) is 5. The molecule has 7 heteroatoms. The Morgan fingerprint density at radius 1 is 1.33 bits per heavy atom. The maximum absolute atomic E-state index is 13.9. The Labute approximate surface area is 139 Å². The molecule has 6 nitrogen and oxygen atoms in total. The minimum absolute atomic E-state index is 0.0203. The smallest absolute Gasteiger partial charge is 0.225 e. The van der Waals surface area contributed by atoms with Crippen molar-refractivity contribution in [3.63, 3.8) is 0 Å². The van der Waals surface area contributed by atoms with Crippen molar-refractivity contribution < 1.29 is 13.9 Å². The number of hydrogen-bond donors (Lipinski definition) is 1. The second-order valence-corrected chi connectivity index (χ2v) is 6.33.